The first-order valence-electron chi connectivity index (χ1n) is 20.7. The summed E-state index contributed by atoms with van der Waals surface area (Å²) in [5, 5.41) is 3.96. The number of nitrogens with zero attached hydrogens (tertiary/aromatic N) is 2. The van der Waals surface area contributed by atoms with Gasteiger partial charge in [0.2, 0.25) is 0 Å². The quantitative estimate of drug-likeness (QED) is 0.0825. The van der Waals surface area contributed by atoms with Crippen molar-refractivity contribution in [2.24, 2.45) is 0 Å². The molecule has 3 heterocycles. The van der Waals surface area contributed by atoms with E-state index in [1.54, 1.807) is 66.9 Å². The van der Waals surface area contributed by atoms with Gasteiger partial charge in [-0.2, -0.15) is 32.9 Å². The van der Waals surface area contributed by atoms with Gasteiger partial charge in [-0.15, -0.1) is 0 Å². The smallest absolute Gasteiger partial charge is 0.417 e. The molecule has 0 spiro atoms. The normalized spacial score (nSPS) is 11.8. The second-order valence-corrected chi connectivity index (χ2v) is 22.7. The molecule has 13 nitrogen and oxygen atoms in total. The van der Waals surface area contributed by atoms with Gasteiger partial charge in [0.25, 0.3) is 30.2 Å². The summed E-state index contributed by atoms with van der Waals surface area (Å²) in [5.41, 5.74) is 1.69. The van der Waals surface area contributed by atoms with Crippen LogP contribution in [0.3, 0.4) is 0 Å². The molecule has 0 aliphatic carbocycles. The standard InChI is InChI=1S/C23H15BrF4N2O3S.C22H16BrFN2O3S.C4H4O3S2/c1-13-10-21(18-12-15(25)3-8-20(18)29-13)33-17-6-4-16(5-7-17)30-34(31,32)22-9-2-14(24)11-19(22)23(26,27)28;1-14-11-22(20-13-16(24)5-10-21(20)25-14)29-18-8-6-17(7-9-18)26-30(27,28)19-4-2-3-15(23)12-19;5-9(6,7)4-1-2-8-3-4/h2-12,30H,1H3;2-13,26H,1H3;1-3H,(H,5,6,7). The van der Waals surface area contributed by atoms with E-state index in [-0.39, 0.29) is 25.8 Å². The fraction of sp³-hybridized carbons (Fsp3) is 0.0612. The number of ether oxygens (including phenoxy) is 2. The third-order valence-electron chi connectivity index (χ3n) is 9.83. The second kappa shape index (κ2) is 22.3. The Morgan fingerprint density at radius 2 is 1.07 bits per heavy atom. The van der Waals surface area contributed by atoms with Crippen LogP contribution in [0.4, 0.5) is 33.3 Å². The molecular weight excluding hydrogens is 1170 g/mol. The number of nitrogens with one attached hydrogen (secondary N) is 2. The van der Waals surface area contributed by atoms with E-state index in [1.165, 1.54) is 95.6 Å². The SMILES string of the molecule is Cc1cc(Oc2ccc(NS(=O)(=O)c3ccc(Br)cc3C(F)(F)F)cc2)c2cc(F)ccc2n1.Cc1cc(Oc2ccc(NS(=O)(=O)c3cccc(Br)c3)cc2)c2cc(F)ccc2n1.O=S(=O)(O)c1ccsc1. The average molecular weight is 1210 g/mol. The summed E-state index contributed by atoms with van der Waals surface area (Å²) in [6.07, 6.45) is -4.86. The van der Waals surface area contributed by atoms with Gasteiger partial charge in [0, 0.05) is 60.0 Å². The molecule has 6 aromatic carbocycles. The highest BCUT2D eigenvalue weighted by molar-refractivity contribution is 9.10. The maximum absolute atomic E-state index is 13.7. The fourth-order valence-electron chi connectivity index (χ4n) is 6.61. The molecule has 0 aliphatic heterocycles. The van der Waals surface area contributed by atoms with Gasteiger partial charge in [0.1, 0.15) is 39.5 Å². The number of benzene rings is 6. The van der Waals surface area contributed by atoms with Crippen LogP contribution in [0.1, 0.15) is 17.0 Å². The molecule has 24 heteroatoms. The topological polar surface area (TPSA) is 191 Å². The lowest BCUT2D eigenvalue weighted by molar-refractivity contribution is -0.139. The van der Waals surface area contributed by atoms with Gasteiger partial charge >= 0.3 is 6.18 Å². The minimum atomic E-state index is -4.86. The average Bonchev–Trinajstić information content (AvgIpc) is 3.88. The van der Waals surface area contributed by atoms with E-state index in [2.05, 4.69) is 51.3 Å². The summed E-state index contributed by atoms with van der Waals surface area (Å²) in [7, 11) is -12.2. The minimum Gasteiger partial charge on any atom is -0.457 e. The van der Waals surface area contributed by atoms with Crippen LogP contribution in [0.5, 0.6) is 23.0 Å². The second-order valence-electron chi connectivity index (χ2n) is 15.3. The molecule has 9 aromatic rings. The van der Waals surface area contributed by atoms with Crippen molar-refractivity contribution in [3.05, 3.63) is 194 Å². The molecule has 3 N–H and O–H groups in total. The first-order valence-corrected chi connectivity index (χ1v) is 27.6. The molecule has 0 aliphatic rings. The molecule has 3 aromatic heterocycles. The summed E-state index contributed by atoms with van der Waals surface area (Å²) in [6.45, 7) is 3.58. The molecule has 0 fully saturated rings. The van der Waals surface area contributed by atoms with Crippen LogP contribution >= 0.6 is 43.2 Å². The predicted octanol–water partition coefficient (Wildman–Crippen LogP) is 14.1. The number of sulfonamides is 2. The molecule has 0 radical (unpaired) electrons. The minimum absolute atomic E-state index is 0.0326. The molecule has 9 rings (SSSR count). The van der Waals surface area contributed by atoms with Crippen LogP contribution in [0.15, 0.2) is 180 Å². The van der Waals surface area contributed by atoms with Crippen molar-refractivity contribution in [3.63, 3.8) is 0 Å². The van der Waals surface area contributed by atoms with E-state index >= 15 is 0 Å². The van der Waals surface area contributed by atoms with Crippen molar-refractivity contribution < 1.29 is 61.2 Å². The lowest BCUT2D eigenvalue weighted by Crippen LogP contribution is -2.19. The lowest BCUT2D eigenvalue weighted by atomic mass is 10.2. The number of rotatable bonds is 11. The number of alkyl halides is 3. The first kappa shape index (κ1) is 54.2. The van der Waals surface area contributed by atoms with Crippen molar-refractivity contribution >= 4 is 107 Å². The monoisotopic (exact) mass is 1200 g/mol. The van der Waals surface area contributed by atoms with Gasteiger partial charge in [-0.25, -0.2) is 25.6 Å². The van der Waals surface area contributed by atoms with Crippen LogP contribution in [0.2, 0.25) is 0 Å². The van der Waals surface area contributed by atoms with E-state index in [9.17, 15) is 47.2 Å². The summed E-state index contributed by atoms with van der Waals surface area (Å²) >= 11 is 7.43. The number of aryl methyl sites for hydroxylation is 2. The van der Waals surface area contributed by atoms with Gasteiger partial charge < -0.3 is 9.47 Å². The summed E-state index contributed by atoms with van der Waals surface area (Å²) in [5.74, 6) is 0.768. The number of fused-ring (bicyclic) bond motifs is 2. The van der Waals surface area contributed by atoms with Crippen molar-refractivity contribution in [1.82, 2.24) is 9.97 Å². The number of hydrogen-bond donors (Lipinski definition) is 3. The molecule has 0 bridgehead atoms. The van der Waals surface area contributed by atoms with Crippen molar-refractivity contribution in [2.45, 2.75) is 34.7 Å². The number of hydrogen-bond acceptors (Lipinski definition) is 11. The van der Waals surface area contributed by atoms with E-state index in [0.717, 1.165) is 11.8 Å². The van der Waals surface area contributed by atoms with Gasteiger partial charge in [0.15, 0.2) is 0 Å². The van der Waals surface area contributed by atoms with Crippen LogP contribution in [-0.2, 0) is 36.3 Å². The highest BCUT2D eigenvalue weighted by atomic mass is 79.9. The Hall–Kier alpha value is -6.54. The Kier molecular flexibility index (Phi) is 16.6. The zero-order chi connectivity index (χ0) is 52.9. The van der Waals surface area contributed by atoms with Gasteiger partial charge in [-0.05, 0) is 147 Å². The van der Waals surface area contributed by atoms with Gasteiger partial charge in [0.05, 0.1) is 26.4 Å². The van der Waals surface area contributed by atoms with Crippen LogP contribution in [0, 0.1) is 25.5 Å². The Morgan fingerprint density at radius 1 is 0.575 bits per heavy atom. The zero-order valence-corrected chi connectivity index (χ0v) is 43.8. The lowest BCUT2D eigenvalue weighted by Gasteiger charge is -2.15. The number of halogens is 7. The van der Waals surface area contributed by atoms with Crippen LogP contribution in [-0.4, -0.2) is 39.8 Å². The van der Waals surface area contributed by atoms with Gasteiger partial charge in [-0.1, -0.05) is 37.9 Å². The van der Waals surface area contributed by atoms with Crippen LogP contribution in [0.25, 0.3) is 21.8 Å². The Balaban J connectivity index is 0.000000183. The first-order chi connectivity index (χ1) is 34.3. The summed E-state index contributed by atoms with van der Waals surface area (Å²) < 4.78 is 164. The number of thiophene rings is 1. The van der Waals surface area contributed by atoms with Gasteiger partial charge in [-0.3, -0.25) is 24.0 Å². The van der Waals surface area contributed by atoms with Crippen molar-refractivity contribution in [1.29, 1.82) is 0 Å². The van der Waals surface area contributed by atoms with E-state index < -0.39 is 52.6 Å². The summed E-state index contributed by atoms with van der Waals surface area (Å²) in [4.78, 5) is 7.92. The summed E-state index contributed by atoms with van der Waals surface area (Å²) in [6, 6.07) is 34.4. The number of pyridine rings is 2. The highest BCUT2D eigenvalue weighted by Gasteiger charge is 2.37. The molecule has 0 unspecified atom stereocenters. The van der Waals surface area contributed by atoms with E-state index in [0.29, 0.717) is 66.7 Å². The van der Waals surface area contributed by atoms with Crippen molar-refractivity contribution in [3.8, 4) is 23.0 Å². The molecule has 0 atom stereocenters. The maximum Gasteiger partial charge on any atom is 0.417 e. The Bertz CT molecular complexity index is 3820. The molecular formula is C49H35Br2F5N4O9S4. The zero-order valence-electron chi connectivity index (χ0n) is 37.4. The van der Waals surface area contributed by atoms with E-state index in [1.807, 2.05) is 6.92 Å². The fourth-order valence-corrected chi connectivity index (χ4v) is 11.4. The third-order valence-corrected chi connectivity index (χ3v) is 15.3. The number of aromatic nitrogens is 2. The Labute approximate surface area is 435 Å². The maximum atomic E-state index is 13.7. The van der Waals surface area contributed by atoms with Crippen molar-refractivity contribution in [2.75, 3.05) is 9.44 Å². The van der Waals surface area contributed by atoms with E-state index in [4.69, 9.17) is 14.0 Å². The largest absolute Gasteiger partial charge is 0.457 e. The highest BCUT2D eigenvalue weighted by Crippen LogP contribution is 2.38. The number of anilines is 2. The molecule has 73 heavy (non-hydrogen) atoms. The molecule has 378 valence electrons. The Morgan fingerprint density at radius 3 is 1.51 bits per heavy atom. The molecule has 0 saturated carbocycles. The predicted molar refractivity (Wildman–Crippen MR) is 275 cm³/mol. The third kappa shape index (κ3) is 14.4. The molecule has 0 saturated heterocycles. The molecule has 0 amide bonds. The van der Waals surface area contributed by atoms with Crippen LogP contribution < -0.4 is 18.9 Å².